The van der Waals surface area contributed by atoms with Gasteiger partial charge >= 0.3 is 0 Å². The van der Waals surface area contributed by atoms with Gasteiger partial charge in [0, 0.05) is 51.7 Å². The highest BCUT2D eigenvalue weighted by Gasteiger charge is 2.38. The zero-order chi connectivity index (χ0) is 16.9. The Morgan fingerprint density at radius 1 is 1.17 bits per heavy atom. The van der Waals surface area contributed by atoms with E-state index in [0.29, 0.717) is 19.0 Å². The van der Waals surface area contributed by atoms with Gasteiger partial charge in [-0.3, -0.25) is 14.5 Å². The van der Waals surface area contributed by atoms with E-state index in [2.05, 4.69) is 16.7 Å². The van der Waals surface area contributed by atoms with Gasteiger partial charge in [-0.15, -0.1) is 0 Å². The molecule has 3 fully saturated rings. The second kappa shape index (κ2) is 8.30. The molecule has 0 aromatic rings. The summed E-state index contributed by atoms with van der Waals surface area (Å²) in [4.78, 5) is 31.5. The number of hydrogen-bond acceptors (Lipinski definition) is 4. The number of amides is 2. The summed E-state index contributed by atoms with van der Waals surface area (Å²) in [6.45, 7) is 8.70. The van der Waals surface area contributed by atoms with Crippen molar-refractivity contribution in [2.24, 2.45) is 5.92 Å². The molecule has 3 aliphatic rings. The molecule has 2 amide bonds. The smallest absolute Gasteiger partial charge is 0.228 e. The molecular weight excluding hydrogens is 306 g/mol. The summed E-state index contributed by atoms with van der Waals surface area (Å²) in [6, 6.07) is 0.378. The standard InChI is InChI=1S/C18H31N3O3/c1-2-16-5-3-4-6-21(16)18(23)15-13-17(22)20(14-15)8-7-19-9-11-24-12-10-19/h15-16H,2-14H2,1H3. The fourth-order valence-electron chi connectivity index (χ4n) is 4.19. The van der Waals surface area contributed by atoms with E-state index in [4.69, 9.17) is 4.74 Å². The van der Waals surface area contributed by atoms with Gasteiger partial charge in [-0.05, 0) is 25.7 Å². The Labute approximate surface area is 145 Å². The van der Waals surface area contributed by atoms with Crippen LogP contribution in [-0.4, -0.2) is 85.0 Å². The van der Waals surface area contributed by atoms with Crippen LogP contribution in [0, 0.1) is 5.92 Å². The lowest BCUT2D eigenvalue weighted by Gasteiger charge is -2.36. The molecule has 0 aromatic heterocycles. The van der Waals surface area contributed by atoms with Crippen molar-refractivity contribution in [3.8, 4) is 0 Å². The highest BCUT2D eigenvalue weighted by Crippen LogP contribution is 2.26. The second-order valence-corrected chi connectivity index (χ2v) is 7.28. The summed E-state index contributed by atoms with van der Waals surface area (Å²) in [7, 11) is 0. The molecule has 0 N–H and O–H groups in total. The van der Waals surface area contributed by atoms with Gasteiger partial charge in [-0.1, -0.05) is 6.92 Å². The molecule has 3 saturated heterocycles. The Morgan fingerprint density at radius 2 is 1.96 bits per heavy atom. The van der Waals surface area contributed by atoms with Crippen molar-refractivity contribution in [2.45, 2.75) is 45.1 Å². The number of ether oxygens (including phenoxy) is 1. The Bertz CT molecular complexity index is 451. The number of carbonyl (C=O) groups excluding carboxylic acids is 2. The molecule has 2 atom stereocenters. The Morgan fingerprint density at radius 3 is 2.71 bits per heavy atom. The van der Waals surface area contributed by atoms with Gasteiger partial charge in [-0.2, -0.15) is 0 Å². The number of rotatable bonds is 5. The summed E-state index contributed by atoms with van der Waals surface area (Å²) in [5.41, 5.74) is 0. The first kappa shape index (κ1) is 17.7. The maximum Gasteiger partial charge on any atom is 0.228 e. The molecule has 3 rings (SSSR count). The number of hydrogen-bond donors (Lipinski definition) is 0. The van der Waals surface area contributed by atoms with Crippen molar-refractivity contribution in [3.63, 3.8) is 0 Å². The summed E-state index contributed by atoms with van der Waals surface area (Å²) in [5, 5.41) is 0. The molecule has 0 spiro atoms. The normalized spacial score (nSPS) is 29.3. The molecule has 2 unspecified atom stereocenters. The fourth-order valence-corrected chi connectivity index (χ4v) is 4.19. The Hall–Kier alpha value is -1.14. The van der Waals surface area contributed by atoms with Crippen LogP contribution in [0.2, 0.25) is 0 Å². The van der Waals surface area contributed by atoms with Gasteiger partial charge in [0.1, 0.15) is 0 Å². The Kier molecular flexibility index (Phi) is 6.11. The molecule has 0 bridgehead atoms. The van der Waals surface area contributed by atoms with Crippen LogP contribution in [0.5, 0.6) is 0 Å². The van der Waals surface area contributed by atoms with E-state index in [0.717, 1.165) is 65.2 Å². The topological polar surface area (TPSA) is 53.1 Å². The molecular formula is C18H31N3O3. The third kappa shape index (κ3) is 4.09. The van der Waals surface area contributed by atoms with Crippen LogP contribution < -0.4 is 0 Å². The summed E-state index contributed by atoms with van der Waals surface area (Å²) >= 11 is 0. The number of carbonyl (C=O) groups is 2. The zero-order valence-electron chi connectivity index (χ0n) is 14.9. The van der Waals surface area contributed by atoms with Crippen molar-refractivity contribution in [1.82, 2.24) is 14.7 Å². The molecule has 6 nitrogen and oxygen atoms in total. The lowest BCUT2D eigenvalue weighted by atomic mass is 9.97. The average Bonchev–Trinajstić information content (AvgIpc) is 3.01. The van der Waals surface area contributed by atoms with E-state index < -0.39 is 0 Å². The fraction of sp³-hybridized carbons (Fsp3) is 0.889. The summed E-state index contributed by atoms with van der Waals surface area (Å²) in [5.74, 6) is 0.227. The average molecular weight is 337 g/mol. The maximum atomic E-state index is 12.9. The minimum absolute atomic E-state index is 0.130. The molecule has 6 heteroatoms. The quantitative estimate of drug-likeness (QED) is 0.750. The highest BCUT2D eigenvalue weighted by molar-refractivity contribution is 5.89. The van der Waals surface area contributed by atoms with Crippen LogP contribution in [0.1, 0.15) is 39.0 Å². The molecule has 3 aliphatic heterocycles. The van der Waals surface area contributed by atoms with E-state index in [-0.39, 0.29) is 17.7 Å². The molecule has 0 aromatic carbocycles. The predicted octanol–water partition coefficient (Wildman–Crippen LogP) is 0.958. The lowest BCUT2D eigenvalue weighted by molar-refractivity contribution is -0.139. The SMILES string of the molecule is CCC1CCCCN1C(=O)C1CC(=O)N(CCN2CCOCC2)C1. The van der Waals surface area contributed by atoms with Crippen LogP contribution in [0.4, 0.5) is 0 Å². The van der Waals surface area contributed by atoms with Crippen LogP contribution >= 0.6 is 0 Å². The largest absolute Gasteiger partial charge is 0.379 e. The van der Waals surface area contributed by atoms with Crippen molar-refractivity contribution < 1.29 is 14.3 Å². The molecule has 24 heavy (non-hydrogen) atoms. The van der Waals surface area contributed by atoms with Crippen LogP contribution in [0.25, 0.3) is 0 Å². The maximum absolute atomic E-state index is 12.9. The number of nitrogens with zero attached hydrogens (tertiary/aromatic N) is 3. The highest BCUT2D eigenvalue weighted by atomic mass is 16.5. The van der Waals surface area contributed by atoms with Gasteiger partial charge in [-0.25, -0.2) is 0 Å². The van der Waals surface area contributed by atoms with Crippen LogP contribution in [0.3, 0.4) is 0 Å². The van der Waals surface area contributed by atoms with Crippen molar-refractivity contribution in [2.75, 3.05) is 52.5 Å². The minimum Gasteiger partial charge on any atom is -0.379 e. The molecule has 0 radical (unpaired) electrons. The number of morpholine rings is 1. The van der Waals surface area contributed by atoms with Gasteiger partial charge in [0.05, 0.1) is 19.1 Å². The van der Waals surface area contributed by atoms with Crippen molar-refractivity contribution >= 4 is 11.8 Å². The van der Waals surface area contributed by atoms with E-state index in [1.807, 2.05) is 4.90 Å². The summed E-state index contributed by atoms with van der Waals surface area (Å²) < 4.78 is 5.36. The number of piperidine rings is 1. The van der Waals surface area contributed by atoms with E-state index >= 15 is 0 Å². The van der Waals surface area contributed by atoms with Crippen LogP contribution in [0.15, 0.2) is 0 Å². The first-order valence-electron chi connectivity index (χ1n) is 9.57. The lowest BCUT2D eigenvalue weighted by Crippen LogP contribution is -2.47. The van der Waals surface area contributed by atoms with Crippen molar-refractivity contribution in [1.29, 1.82) is 0 Å². The molecule has 0 aliphatic carbocycles. The van der Waals surface area contributed by atoms with Crippen LogP contribution in [-0.2, 0) is 14.3 Å². The zero-order valence-corrected chi connectivity index (χ0v) is 14.9. The molecule has 0 saturated carbocycles. The van der Waals surface area contributed by atoms with Gasteiger partial charge in [0.25, 0.3) is 0 Å². The van der Waals surface area contributed by atoms with E-state index in [1.165, 1.54) is 6.42 Å². The monoisotopic (exact) mass is 337 g/mol. The summed E-state index contributed by atoms with van der Waals surface area (Å²) in [6.07, 6.45) is 4.85. The number of likely N-dealkylation sites (tertiary alicyclic amines) is 2. The molecule has 136 valence electrons. The van der Waals surface area contributed by atoms with Crippen molar-refractivity contribution in [3.05, 3.63) is 0 Å². The van der Waals surface area contributed by atoms with Gasteiger partial charge in [0.15, 0.2) is 0 Å². The predicted molar refractivity (Wildman–Crippen MR) is 91.6 cm³/mol. The van der Waals surface area contributed by atoms with E-state index in [9.17, 15) is 9.59 Å². The first-order valence-corrected chi connectivity index (χ1v) is 9.57. The Balaban J connectivity index is 1.50. The van der Waals surface area contributed by atoms with E-state index in [1.54, 1.807) is 0 Å². The molecule has 3 heterocycles. The third-order valence-corrected chi connectivity index (χ3v) is 5.74. The third-order valence-electron chi connectivity index (χ3n) is 5.74. The second-order valence-electron chi connectivity index (χ2n) is 7.28. The first-order chi connectivity index (χ1) is 11.7. The van der Waals surface area contributed by atoms with Gasteiger partial charge in [0.2, 0.25) is 11.8 Å². The van der Waals surface area contributed by atoms with Gasteiger partial charge < -0.3 is 14.5 Å². The minimum atomic E-state index is -0.130.